The Kier molecular flexibility index (Phi) is 6.08. The maximum Gasteiger partial charge on any atom is 0.238 e. The normalized spacial score (nSPS) is 17.3. The van der Waals surface area contributed by atoms with E-state index in [2.05, 4.69) is 5.32 Å². The van der Waals surface area contributed by atoms with Gasteiger partial charge in [-0.3, -0.25) is 14.5 Å². The fourth-order valence-electron chi connectivity index (χ4n) is 3.27. The molecule has 3 rings (SSSR count). The molecule has 1 atom stereocenters. The number of carbonyl (C=O) groups excluding carboxylic acids is 2. The summed E-state index contributed by atoms with van der Waals surface area (Å²) in [6.07, 6.45) is 2.62. The number of ether oxygens (including phenoxy) is 1. The van der Waals surface area contributed by atoms with Crippen molar-refractivity contribution >= 4 is 17.5 Å². The van der Waals surface area contributed by atoms with Crippen LogP contribution in [-0.4, -0.2) is 35.8 Å². The Hall–Kier alpha value is -2.86. The summed E-state index contributed by atoms with van der Waals surface area (Å²) in [5.74, 6) is 0.709. The summed E-state index contributed by atoms with van der Waals surface area (Å²) in [6.45, 7) is 2.84. The van der Waals surface area contributed by atoms with Crippen molar-refractivity contribution < 1.29 is 14.3 Å². The van der Waals surface area contributed by atoms with Gasteiger partial charge in [0, 0.05) is 0 Å². The van der Waals surface area contributed by atoms with Crippen LogP contribution in [0.2, 0.25) is 0 Å². The Morgan fingerprint density at radius 3 is 2.63 bits per heavy atom. The molecule has 1 aliphatic rings. The minimum atomic E-state index is -0.372. The molecule has 2 aromatic carbocycles. The van der Waals surface area contributed by atoms with Crippen LogP contribution in [0.5, 0.6) is 11.5 Å². The number of rotatable bonds is 6. The Balaban J connectivity index is 1.67. The molecule has 6 heteroatoms. The van der Waals surface area contributed by atoms with Gasteiger partial charge < -0.3 is 15.8 Å². The third-order valence-electron chi connectivity index (χ3n) is 4.70. The molecule has 1 fully saturated rings. The average Bonchev–Trinajstić information content (AvgIpc) is 2.65. The van der Waals surface area contributed by atoms with Crippen LogP contribution in [0.4, 0.5) is 5.69 Å². The maximum atomic E-state index is 12.5. The number of benzene rings is 2. The van der Waals surface area contributed by atoms with E-state index in [0.29, 0.717) is 30.2 Å². The minimum absolute atomic E-state index is 0.131. The molecule has 6 nitrogen and oxygen atoms in total. The highest BCUT2D eigenvalue weighted by Gasteiger charge is 2.28. The van der Waals surface area contributed by atoms with Crippen LogP contribution in [-0.2, 0) is 9.59 Å². The van der Waals surface area contributed by atoms with Crippen molar-refractivity contribution in [3.05, 3.63) is 54.1 Å². The van der Waals surface area contributed by atoms with Crippen molar-refractivity contribution in [3.63, 3.8) is 0 Å². The van der Waals surface area contributed by atoms with Crippen LogP contribution in [0.1, 0.15) is 24.8 Å². The lowest BCUT2D eigenvalue weighted by Gasteiger charge is -2.32. The van der Waals surface area contributed by atoms with Gasteiger partial charge in [-0.1, -0.05) is 36.2 Å². The van der Waals surface area contributed by atoms with Crippen LogP contribution in [0.25, 0.3) is 0 Å². The van der Waals surface area contributed by atoms with Gasteiger partial charge in [-0.2, -0.15) is 0 Å². The van der Waals surface area contributed by atoms with Crippen molar-refractivity contribution in [3.8, 4) is 11.5 Å². The van der Waals surface area contributed by atoms with Crippen LogP contribution < -0.4 is 15.8 Å². The van der Waals surface area contributed by atoms with Crippen LogP contribution in [0, 0.1) is 6.92 Å². The number of hydrogen-bond acceptors (Lipinski definition) is 4. The topological polar surface area (TPSA) is 84.7 Å². The number of hydrogen-bond donors (Lipinski definition) is 2. The molecule has 1 aliphatic heterocycles. The van der Waals surface area contributed by atoms with Gasteiger partial charge >= 0.3 is 0 Å². The first-order valence-corrected chi connectivity index (χ1v) is 9.20. The Morgan fingerprint density at radius 1 is 1.15 bits per heavy atom. The quantitative estimate of drug-likeness (QED) is 0.822. The summed E-state index contributed by atoms with van der Waals surface area (Å²) in [4.78, 5) is 26.0. The highest BCUT2D eigenvalue weighted by molar-refractivity contribution is 5.94. The van der Waals surface area contributed by atoms with Crippen molar-refractivity contribution in [1.82, 2.24) is 4.90 Å². The number of amides is 2. The largest absolute Gasteiger partial charge is 0.455 e. The molecular weight excluding hydrogens is 342 g/mol. The van der Waals surface area contributed by atoms with Crippen LogP contribution in [0.3, 0.4) is 0 Å². The number of aryl methyl sites for hydroxylation is 1. The molecule has 0 aliphatic carbocycles. The lowest BCUT2D eigenvalue weighted by molar-refractivity contribution is -0.126. The number of likely N-dealkylation sites (tertiary alicyclic amines) is 1. The number of piperidine rings is 1. The zero-order valence-electron chi connectivity index (χ0n) is 15.5. The summed E-state index contributed by atoms with van der Waals surface area (Å²) in [6, 6.07) is 14.6. The molecule has 0 aromatic heterocycles. The van der Waals surface area contributed by atoms with Gasteiger partial charge in [-0.25, -0.2) is 0 Å². The Morgan fingerprint density at radius 2 is 1.89 bits per heavy atom. The highest BCUT2D eigenvalue weighted by atomic mass is 16.5. The minimum Gasteiger partial charge on any atom is -0.455 e. The van der Waals surface area contributed by atoms with Gasteiger partial charge in [0.25, 0.3) is 0 Å². The zero-order valence-corrected chi connectivity index (χ0v) is 15.5. The Bertz CT molecular complexity index is 805. The van der Waals surface area contributed by atoms with E-state index >= 15 is 0 Å². The summed E-state index contributed by atoms with van der Waals surface area (Å²) in [5.41, 5.74) is 7.22. The zero-order chi connectivity index (χ0) is 19.2. The first-order valence-electron chi connectivity index (χ1n) is 9.20. The number of primary amides is 1. The Labute approximate surface area is 159 Å². The van der Waals surface area contributed by atoms with Gasteiger partial charge in [-0.05, 0) is 50.6 Å². The molecule has 27 heavy (non-hydrogen) atoms. The molecule has 2 amide bonds. The van der Waals surface area contributed by atoms with E-state index in [9.17, 15) is 9.59 Å². The molecule has 2 aromatic rings. The lowest BCUT2D eigenvalue weighted by atomic mass is 10.0. The lowest BCUT2D eigenvalue weighted by Crippen LogP contribution is -2.50. The molecule has 1 heterocycles. The molecular formula is C21H25N3O3. The van der Waals surface area contributed by atoms with E-state index in [1.54, 1.807) is 6.07 Å². The summed E-state index contributed by atoms with van der Waals surface area (Å²) < 4.78 is 5.91. The second-order valence-electron chi connectivity index (χ2n) is 6.84. The van der Waals surface area contributed by atoms with E-state index < -0.39 is 0 Å². The third kappa shape index (κ3) is 5.08. The summed E-state index contributed by atoms with van der Waals surface area (Å²) in [7, 11) is 0. The van der Waals surface area contributed by atoms with Gasteiger partial charge in [-0.15, -0.1) is 0 Å². The number of nitrogens with two attached hydrogens (primary N) is 1. The van der Waals surface area contributed by atoms with Crippen molar-refractivity contribution in [2.45, 2.75) is 32.2 Å². The van der Waals surface area contributed by atoms with Gasteiger partial charge in [0.2, 0.25) is 11.8 Å². The molecule has 142 valence electrons. The predicted octanol–water partition coefficient (Wildman–Crippen LogP) is 3.07. The van der Waals surface area contributed by atoms with E-state index in [0.717, 1.165) is 18.4 Å². The van der Waals surface area contributed by atoms with Gasteiger partial charge in [0.1, 0.15) is 5.75 Å². The monoisotopic (exact) mass is 367 g/mol. The second kappa shape index (κ2) is 8.68. The van der Waals surface area contributed by atoms with Crippen molar-refractivity contribution in [1.29, 1.82) is 0 Å². The predicted molar refractivity (Wildman–Crippen MR) is 105 cm³/mol. The SMILES string of the molecule is Cc1ccc(Oc2ccccc2NC(=O)CN2CCCC[C@@H]2C(N)=O)cc1. The third-order valence-corrected chi connectivity index (χ3v) is 4.70. The molecule has 0 bridgehead atoms. The highest BCUT2D eigenvalue weighted by Crippen LogP contribution is 2.29. The van der Waals surface area contributed by atoms with E-state index in [1.807, 2.05) is 54.3 Å². The number of anilines is 1. The smallest absolute Gasteiger partial charge is 0.238 e. The number of carbonyl (C=O) groups is 2. The average molecular weight is 367 g/mol. The first-order chi connectivity index (χ1) is 13.0. The second-order valence-corrected chi connectivity index (χ2v) is 6.84. The van der Waals surface area contributed by atoms with Gasteiger partial charge in [0.15, 0.2) is 5.75 Å². The summed E-state index contributed by atoms with van der Waals surface area (Å²) in [5, 5.41) is 2.89. The molecule has 3 N–H and O–H groups in total. The molecule has 1 saturated heterocycles. The van der Waals surface area contributed by atoms with Crippen LogP contribution in [0.15, 0.2) is 48.5 Å². The first kappa shape index (κ1) is 18.9. The van der Waals surface area contributed by atoms with Gasteiger partial charge in [0.05, 0.1) is 18.3 Å². The molecule has 0 radical (unpaired) electrons. The fraction of sp³-hybridized carbons (Fsp3) is 0.333. The number of para-hydroxylation sites is 2. The molecule has 0 unspecified atom stereocenters. The summed E-state index contributed by atoms with van der Waals surface area (Å²) >= 11 is 0. The van der Waals surface area contributed by atoms with E-state index in [4.69, 9.17) is 10.5 Å². The number of nitrogens with zero attached hydrogens (tertiary/aromatic N) is 1. The molecule has 0 spiro atoms. The van der Waals surface area contributed by atoms with Crippen molar-refractivity contribution in [2.24, 2.45) is 5.73 Å². The standard InChI is InChI=1S/C21H25N3O3/c1-15-9-11-16(12-10-15)27-19-8-3-2-6-17(19)23-20(25)14-24-13-5-4-7-18(24)21(22)26/h2-3,6,8-12,18H,4-5,7,13-14H2,1H3,(H2,22,26)(H,23,25)/t18-/m1/s1. The van der Waals surface area contributed by atoms with E-state index in [1.165, 1.54) is 0 Å². The fourth-order valence-corrected chi connectivity index (χ4v) is 3.27. The number of nitrogens with one attached hydrogen (secondary N) is 1. The molecule has 0 saturated carbocycles. The van der Waals surface area contributed by atoms with Crippen LogP contribution >= 0.6 is 0 Å². The van der Waals surface area contributed by atoms with E-state index in [-0.39, 0.29) is 24.4 Å². The van der Waals surface area contributed by atoms with Crippen molar-refractivity contribution in [2.75, 3.05) is 18.4 Å². The maximum absolute atomic E-state index is 12.5.